The molecule has 1 aliphatic heterocycles. The normalized spacial score (nSPS) is 21.7. The maximum atomic E-state index is 13.1. The molecule has 1 aromatic heterocycles. The van der Waals surface area contributed by atoms with Crippen molar-refractivity contribution < 1.29 is 4.79 Å². The lowest BCUT2D eigenvalue weighted by atomic mass is 9.81. The third-order valence-electron chi connectivity index (χ3n) is 5.92. The highest BCUT2D eigenvalue weighted by atomic mass is 16.2. The van der Waals surface area contributed by atoms with E-state index in [-0.39, 0.29) is 11.9 Å². The van der Waals surface area contributed by atoms with E-state index in [0.29, 0.717) is 0 Å². The van der Waals surface area contributed by atoms with Crippen LogP contribution in [0.3, 0.4) is 0 Å². The maximum Gasteiger partial charge on any atom is 0.240 e. The van der Waals surface area contributed by atoms with Gasteiger partial charge in [0.25, 0.3) is 0 Å². The van der Waals surface area contributed by atoms with Crippen LogP contribution >= 0.6 is 0 Å². The summed E-state index contributed by atoms with van der Waals surface area (Å²) in [6.07, 6.45) is 8.28. The van der Waals surface area contributed by atoms with Gasteiger partial charge in [-0.15, -0.1) is 0 Å². The lowest BCUT2D eigenvalue weighted by Gasteiger charge is -2.43. The number of aromatic nitrogens is 2. The lowest BCUT2D eigenvalue weighted by molar-refractivity contribution is -0.140. The smallest absolute Gasteiger partial charge is 0.240 e. The Morgan fingerprint density at radius 3 is 2.38 bits per heavy atom. The molecule has 1 saturated heterocycles. The molecule has 3 rings (SSSR count). The molecule has 2 aliphatic rings. The fourth-order valence-corrected chi connectivity index (χ4v) is 4.07. The van der Waals surface area contributed by atoms with Crippen molar-refractivity contribution in [1.82, 2.24) is 19.8 Å². The Morgan fingerprint density at radius 1 is 1.19 bits per heavy atom. The van der Waals surface area contributed by atoms with E-state index in [9.17, 15) is 10.1 Å². The zero-order chi connectivity index (χ0) is 18.6. The lowest BCUT2D eigenvalue weighted by Crippen LogP contribution is -2.58. The standard InChI is InChI=1S/C19H28N6O/c1-16(17(26)23(2)19(15-20)7-4-3-5-8-19)24-11-13-25(14-12-24)18-21-9-6-10-22-18/h6,9-10,16H,3-5,7-8,11-14H2,1-2H3/t16-/m1/s1. The van der Waals surface area contributed by atoms with Gasteiger partial charge in [-0.05, 0) is 25.8 Å². The van der Waals surface area contributed by atoms with Gasteiger partial charge in [-0.2, -0.15) is 5.26 Å². The first-order chi connectivity index (χ1) is 12.6. The summed E-state index contributed by atoms with van der Waals surface area (Å²) >= 11 is 0. The summed E-state index contributed by atoms with van der Waals surface area (Å²) in [4.78, 5) is 27.7. The van der Waals surface area contributed by atoms with Crippen LogP contribution in [0.5, 0.6) is 0 Å². The molecule has 0 N–H and O–H groups in total. The number of likely N-dealkylation sites (N-methyl/N-ethyl adjacent to an activating group) is 1. The van der Waals surface area contributed by atoms with Crippen LogP contribution in [0.4, 0.5) is 5.95 Å². The fourth-order valence-electron chi connectivity index (χ4n) is 4.07. The Labute approximate surface area is 155 Å². The Hall–Kier alpha value is -2.20. The molecule has 0 spiro atoms. The third-order valence-corrected chi connectivity index (χ3v) is 5.92. The quantitative estimate of drug-likeness (QED) is 0.817. The van der Waals surface area contributed by atoms with E-state index in [1.54, 1.807) is 24.3 Å². The van der Waals surface area contributed by atoms with Crippen LogP contribution in [0.1, 0.15) is 39.0 Å². The second kappa shape index (κ2) is 8.00. The minimum absolute atomic E-state index is 0.0536. The summed E-state index contributed by atoms with van der Waals surface area (Å²) in [6.45, 7) is 5.14. The number of piperazine rings is 1. The summed E-state index contributed by atoms with van der Waals surface area (Å²) in [5.41, 5.74) is -0.622. The minimum Gasteiger partial charge on any atom is -0.338 e. The number of rotatable bonds is 4. The maximum absolute atomic E-state index is 13.1. The topological polar surface area (TPSA) is 76.4 Å². The van der Waals surface area contributed by atoms with Gasteiger partial charge in [0.1, 0.15) is 5.54 Å². The van der Waals surface area contributed by atoms with Gasteiger partial charge >= 0.3 is 0 Å². The number of hydrogen-bond acceptors (Lipinski definition) is 6. The second-order valence-corrected chi connectivity index (χ2v) is 7.35. The molecule has 26 heavy (non-hydrogen) atoms. The van der Waals surface area contributed by atoms with Crippen molar-refractivity contribution in [3.8, 4) is 6.07 Å². The van der Waals surface area contributed by atoms with E-state index in [1.165, 1.54) is 0 Å². The van der Waals surface area contributed by atoms with Crippen LogP contribution in [0, 0.1) is 11.3 Å². The molecular weight excluding hydrogens is 328 g/mol. The number of amides is 1. The van der Waals surface area contributed by atoms with Gasteiger partial charge in [0.05, 0.1) is 12.1 Å². The number of anilines is 1. The first-order valence-corrected chi connectivity index (χ1v) is 9.52. The number of hydrogen-bond donors (Lipinski definition) is 0. The number of nitriles is 1. The van der Waals surface area contributed by atoms with E-state index >= 15 is 0 Å². The molecule has 1 atom stereocenters. The Balaban J connectivity index is 1.60. The zero-order valence-corrected chi connectivity index (χ0v) is 15.8. The summed E-state index contributed by atoms with van der Waals surface area (Å²) in [5.74, 6) is 0.798. The van der Waals surface area contributed by atoms with Crippen LogP contribution in [0.15, 0.2) is 18.5 Å². The van der Waals surface area contributed by atoms with Crippen molar-refractivity contribution in [3.63, 3.8) is 0 Å². The van der Waals surface area contributed by atoms with E-state index in [2.05, 4.69) is 25.8 Å². The molecule has 1 aromatic rings. The molecule has 1 saturated carbocycles. The monoisotopic (exact) mass is 356 g/mol. The highest BCUT2D eigenvalue weighted by molar-refractivity contribution is 5.82. The molecule has 0 unspecified atom stereocenters. The molecule has 0 bridgehead atoms. The molecule has 0 aromatic carbocycles. The number of carbonyl (C=O) groups excluding carboxylic acids is 1. The van der Waals surface area contributed by atoms with Gasteiger partial charge < -0.3 is 9.80 Å². The molecular formula is C19H28N6O. The molecule has 1 amide bonds. The van der Waals surface area contributed by atoms with Crippen LogP contribution in [0.25, 0.3) is 0 Å². The Bertz CT molecular complexity index is 644. The van der Waals surface area contributed by atoms with Crippen molar-refractivity contribution in [3.05, 3.63) is 18.5 Å². The predicted octanol–water partition coefficient (Wildman–Crippen LogP) is 1.67. The largest absolute Gasteiger partial charge is 0.338 e. The summed E-state index contributed by atoms with van der Waals surface area (Å²) in [7, 11) is 1.81. The molecule has 2 fully saturated rings. The van der Waals surface area contributed by atoms with Crippen molar-refractivity contribution in [2.24, 2.45) is 0 Å². The van der Waals surface area contributed by atoms with Gasteiger partial charge in [-0.25, -0.2) is 9.97 Å². The van der Waals surface area contributed by atoms with E-state index in [1.807, 2.05) is 13.0 Å². The molecule has 0 radical (unpaired) electrons. The average molecular weight is 356 g/mol. The molecule has 7 heteroatoms. The molecule has 1 aliphatic carbocycles. The van der Waals surface area contributed by atoms with Crippen LogP contribution in [-0.4, -0.2) is 70.5 Å². The van der Waals surface area contributed by atoms with Gasteiger partial charge in [0.2, 0.25) is 11.9 Å². The second-order valence-electron chi connectivity index (χ2n) is 7.35. The van der Waals surface area contributed by atoms with Crippen LogP contribution < -0.4 is 4.90 Å². The van der Waals surface area contributed by atoms with Crippen molar-refractivity contribution >= 4 is 11.9 Å². The van der Waals surface area contributed by atoms with Crippen molar-refractivity contribution in [2.45, 2.75) is 50.6 Å². The van der Waals surface area contributed by atoms with Gasteiger partial charge in [0, 0.05) is 45.6 Å². The Morgan fingerprint density at radius 2 is 1.81 bits per heavy atom. The zero-order valence-electron chi connectivity index (χ0n) is 15.8. The SMILES string of the molecule is C[C@H](C(=O)N(C)C1(C#N)CCCCC1)N1CCN(c2ncccn2)CC1. The predicted molar refractivity (Wildman–Crippen MR) is 99.5 cm³/mol. The molecule has 140 valence electrons. The highest BCUT2D eigenvalue weighted by Gasteiger charge is 2.41. The minimum atomic E-state index is -0.622. The van der Waals surface area contributed by atoms with Gasteiger partial charge in [0.15, 0.2) is 0 Å². The fraction of sp³-hybridized carbons (Fsp3) is 0.684. The number of nitrogens with zero attached hydrogens (tertiary/aromatic N) is 6. The summed E-state index contributed by atoms with van der Waals surface area (Å²) < 4.78 is 0. The highest BCUT2D eigenvalue weighted by Crippen LogP contribution is 2.33. The first kappa shape index (κ1) is 18.6. The number of carbonyl (C=O) groups is 1. The van der Waals surface area contributed by atoms with E-state index in [4.69, 9.17) is 0 Å². The van der Waals surface area contributed by atoms with E-state index < -0.39 is 5.54 Å². The Kier molecular flexibility index (Phi) is 5.72. The van der Waals surface area contributed by atoms with Crippen molar-refractivity contribution in [1.29, 1.82) is 5.26 Å². The molecule has 7 nitrogen and oxygen atoms in total. The summed E-state index contributed by atoms with van der Waals surface area (Å²) in [5, 5.41) is 9.74. The van der Waals surface area contributed by atoms with Gasteiger partial charge in [-0.3, -0.25) is 9.69 Å². The average Bonchev–Trinajstić information content (AvgIpc) is 2.73. The summed E-state index contributed by atoms with van der Waals surface area (Å²) in [6, 6.07) is 4.04. The van der Waals surface area contributed by atoms with Crippen LogP contribution in [0.2, 0.25) is 0 Å². The van der Waals surface area contributed by atoms with Gasteiger partial charge in [-0.1, -0.05) is 19.3 Å². The van der Waals surface area contributed by atoms with Crippen molar-refractivity contribution in [2.75, 3.05) is 38.1 Å². The molecule has 2 heterocycles. The first-order valence-electron chi connectivity index (χ1n) is 9.52. The van der Waals surface area contributed by atoms with Crippen LogP contribution in [-0.2, 0) is 4.79 Å². The third kappa shape index (κ3) is 3.65. The van der Waals surface area contributed by atoms with E-state index in [0.717, 1.165) is 64.2 Å².